The predicted octanol–water partition coefficient (Wildman–Crippen LogP) is 0.198. The molecular formula is C9H9N3O2. The molecule has 0 saturated carbocycles. The van der Waals surface area contributed by atoms with E-state index in [9.17, 15) is 9.59 Å². The summed E-state index contributed by atoms with van der Waals surface area (Å²) in [5, 5.41) is 0. The number of nitrogen functional groups attached to an aromatic ring is 1. The SMILES string of the molecule is Cc1cc2c(c(N)n1)C(=O)N(C)C2=O. The highest BCUT2D eigenvalue weighted by Gasteiger charge is 2.35. The molecule has 72 valence electrons. The molecule has 2 amide bonds. The Kier molecular flexibility index (Phi) is 1.57. The fourth-order valence-corrected chi connectivity index (χ4v) is 1.53. The summed E-state index contributed by atoms with van der Waals surface area (Å²) in [6, 6.07) is 1.58. The van der Waals surface area contributed by atoms with Crippen molar-refractivity contribution in [1.29, 1.82) is 0 Å². The van der Waals surface area contributed by atoms with Crippen LogP contribution in [0.15, 0.2) is 6.07 Å². The zero-order valence-electron chi connectivity index (χ0n) is 7.87. The molecule has 0 fully saturated rings. The highest BCUT2D eigenvalue weighted by Crippen LogP contribution is 2.25. The molecule has 0 saturated heterocycles. The van der Waals surface area contributed by atoms with Gasteiger partial charge in [0, 0.05) is 12.7 Å². The number of amides is 2. The van der Waals surface area contributed by atoms with Crippen LogP contribution in [0.5, 0.6) is 0 Å². The number of nitrogens with zero attached hydrogens (tertiary/aromatic N) is 2. The molecule has 14 heavy (non-hydrogen) atoms. The molecule has 0 radical (unpaired) electrons. The van der Waals surface area contributed by atoms with Gasteiger partial charge in [0.05, 0.1) is 11.1 Å². The molecule has 0 aliphatic carbocycles. The fraction of sp³-hybridized carbons (Fsp3) is 0.222. The summed E-state index contributed by atoms with van der Waals surface area (Å²) < 4.78 is 0. The van der Waals surface area contributed by atoms with Gasteiger partial charge in [0.25, 0.3) is 11.8 Å². The van der Waals surface area contributed by atoms with Gasteiger partial charge in [-0.3, -0.25) is 14.5 Å². The van der Waals surface area contributed by atoms with E-state index in [4.69, 9.17) is 5.73 Å². The third-order valence-electron chi connectivity index (χ3n) is 2.23. The van der Waals surface area contributed by atoms with Crippen molar-refractivity contribution in [2.75, 3.05) is 12.8 Å². The quantitative estimate of drug-likeness (QED) is 0.594. The Bertz CT molecular complexity index is 454. The minimum absolute atomic E-state index is 0.128. The van der Waals surface area contributed by atoms with E-state index < -0.39 is 0 Å². The summed E-state index contributed by atoms with van der Waals surface area (Å²) in [5.41, 5.74) is 6.79. The van der Waals surface area contributed by atoms with Crippen LogP contribution in [0.3, 0.4) is 0 Å². The maximum Gasteiger partial charge on any atom is 0.265 e. The Balaban J connectivity index is 2.76. The Hall–Kier alpha value is -1.91. The first-order chi connectivity index (χ1) is 6.52. The highest BCUT2D eigenvalue weighted by atomic mass is 16.2. The van der Waals surface area contributed by atoms with E-state index >= 15 is 0 Å². The number of fused-ring (bicyclic) bond motifs is 1. The van der Waals surface area contributed by atoms with E-state index in [1.807, 2.05) is 0 Å². The molecule has 0 atom stereocenters. The van der Waals surface area contributed by atoms with Crippen molar-refractivity contribution in [3.8, 4) is 0 Å². The van der Waals surface area contributed by atoms with E-state index in [1.165, 1.54) is 7.05 Å². The molecule has 0 bridgehead atoms. The molecule has 1 aromatic rings. The zero-order chi connectivity index (χ0) is 10.5. The molecule has 2 heterocycles. The van der Waals surface area contributed by atoms with Crippen LogP contribution < -0.4 is 5.73 Å². The Labute approximate surface area is 80.5 Å². The Morgan fingerprint density at radius 2 is 2.00 bits per heavy atom. The molecule has 0 unspecified atom stereocenters. The van der Waals surface area contributed by atoms with Crippen molar-refractivity contribution in [3.63, 3.8) is 0 Å². The van der Waals surface area contributed by atoms with Crippen LogP contribution in [0.25, 0.3) is 0 Å². The molecule has 5 nitrogen and oxygen atoms in total. The van der Waals surface area contributed by atoms with Crippen LogP contribution in [-0.4, -0.2) is 28.7 Å². The minimum Gasteiger partial charge on any atom is -0.383 e. The molecule has 5 heteroatoms. The molecule has 1 aromatic heterocycles. The van der Waals surface area contributed by atoms with Crippen LogP contribution in [0.1, 0.15) is 26.4 Å². The second kappa shape index (κ2) is 2.54. The maximum absolute atomic E-state index is 11.5. The lowest BCUT2D eigenvalue weighted by molar-refractivity contribution is 0.0693. The van der Waals surface area contributed by atoms with Gasteiger partial charge in [-0.1, -0.05) is 0 Å². The summed E-state index contributed by atoms with van der Waals surface area (Å²) in [6.07, 6.45) is 0. The monoisotopic (exact) mass is 191 g/mol. The van der Waals surface area contributed by atoms with Crippen LogP contribution in [0.2, 0.25) is 0 Å². The van der Waals surface area contributed by atoms with E-state index in [1.54, 1.807) is 13.0 Å². The fourth-order valence-electron chi connectivity index (χ4n) is 1.53. The van der Waals surface area contributed by atoms with Crippen molar-refractivity contribution >= 4 is 17.6 Å². The molecule has 1 aliphatic rings. The van der Waals surface area contributed by atoms with Crippen molar-refractivity contribution in [2.45, 2.75) is 6.92 Å². The summed E-state index contributed by atoms with van der Waals surface area (Å²) in [4.78, 5) is 28.0. The molecule has 2 N–H and O–H groups in total. The number of carbonyl (C=O) groups excluding carboxylic acids is 2. The number of aryl methyl sites for hydroxylation is 1. The lowest BCUT2D eigenvalue weighted by atomic mass is 10.1. The minimum atomic E-state index is -0.380. The average molecular weight is 191 g/mol. The predicted molar refractivity (Wildman–Crippen MR) is 49.8 cm³/mol. The number of hydrogen-bond acceptors (Lipinski definition) is 4. The normalized spacial score (nSPS) is 14.9. The third kappa shape index (κ3) is 0.921. The van der Waals surface area contributed by atoms with Gasteiger partial charge in [0.1, 0.15) is 5.82 Å². The molecule has 0 aromatic carbocycles. The standard InChI is InChI=1S/C9H9N3O2/c1-4-3-5-6(7(10)11-4)9(14)12(2)8(5)13/h3H,1-2H3,(H2,10,11). The number of carbonyl (C=O) groups is 2. The smallest absolute Gasteiger partial charge is 0.265 e. The number of imide groups is 1. The Morgan fingerprint density at radius 1 is 1.36 bits per heavy atom. The van der Waals surface area contributed by atoms with Crippen molar-refractivity contribution in [1.82, 2.24) is 9.88 Å². The third-order valence-corrected chi connectivity index (χ3v) is 2.23. The first kappa shape index (κ1) is 8.68. The first-order valence-electron chi connectivity index (χ1n) is 4.12. The van der Waals surface area contributed by atoms with Crippen LogP contribution in [0.4, 0.5) is 5.82 Å². The van der Waals surface area contributed by atoms with E-state index in [0.717, 1.165) is 4.90 Å². The lowest BCUT2D eigenvalue weighted by Crippen LogP contribution is -2.24. The van der Waals surface area contributed by atoms with Crippen LogP contribution in [0, 0.1) is 6.92 Å². The first-order valence-corrected chi connectivity index (χ1v) is 4.12. The number of nitrogens with two attached hydrogens (primary N) is 1. The number of rotatable bonds is 0. The number of pyridine rings is 1. The summed E-state index contributed by atoms with van der Waals surface area (Å²) in [5.74, 6) is -0.570. The maximum atomic E-state index is 11.5. The number of anilines is 1. The van der Waals surface area contributed by atoms with Gasteiger partial charge < -0.3 is 5.73 Å². The lowest BCUT2D eigenvalue weighted by Gasteiger charge is -2.02. The van der Waals surface area contributed by atoms with Gasteiger partial charge in [-0.15, -0.1) is 0 Å². The van der Waals surface area contributed by atoms with E-state index in [-0.39, 0.29) is 23.2 Å². The van der Waals surface area contributed by atoms with Gasteiger partial charge >= 0.3 is 0 Å². The van der Waals surface area contributed by atoms with Gasteiger partial charge in [0.2, 0.25) is 0 Å². The van der Waals surface area contributed by atoms with E-state index in [2.05, 4.69) is 4.98 Å². The van der Waals surface area contributed by atoms with Gasteiger partial charge in [-0.2, -0.15) is 0 Å². The summed E-state index contributed by atoms with van der Waals surface area (Å²) >= 11 is 0. The topological polar surface area (TPSA) is 76.3 Å². The number of aromatic nitrogens is 1. The van der Waals surface area contributed by atoms with Crippen LogP contribution in [-0.2, 0) is 0 Å². The van der Waals surface area contributed by atoms with Gasteiger partial charge in [-0.25, -0.2) is 4.98 Å². The molecular weight excluding hydrogens is 182 g/mol. The summed E-state index contributed by atoms with van der Waals surface area (Å²) in [6.45, 7) is 1.73. The second-order valence-electron chi connectivity index (χ2n) is 3.24. The molecule has 2 rings (SSSR count). The Morgan fingerprint density at radius 3 is 2.64 bits per heavy atom. The number of hydrogen-bond donors (Lipinski definition) is 1. The van der Waals surface area contributed by atoms with Crippen molar-refractivity contribution < 1.29 is 9.59 Å². The second-order valence-corrected chi connectivity index (χ2v) is 3.24. The van der Waals surface area contributed by atoms with E-state index in [0.29, 0.717) is 11.3 Å². The molecule has 1 aliphatic heterocycles. The molecule has 0 spiro atoms. The van der Waals surface area contributed by atoms with Gasteiger partial charge in [0.15, 0.2) is 0 Å². The van der Waals surface area contributed by atoms with Gasteiger partial charge in [-0.05, 0) is 13.0 Å². The summed E-state index contributed by atoms with van der Waals surface area (Å²) in [7, 11) is 1.43. The van der Waals surface area contributed by atoms with Crippen molar-refractivity contribution in [2.24, 2.45) is 0 Å². The largest absolute Gasteiger partial charge is 0.383 e. The zero-order valence-corrected chi connectivity index (χ0v) is 7.87. The van der Waals surface area contributed by atoms with Crippen LogP contribution >= 0.6 is 0 Å². The highest BCUT2D eigenvalue weighted by molar-refractivity contribution is 6.23. The average Bonchev–Trinajstić information content (AvgIpc) is 2.31. The van der Waals surface area contributed by atoms with Crippen molar-refractivity contribution in [3.05, 3.63) is 22.9 Å².